The minimum Gasteiger partial charge on any atom is -0.495 e. The van der Waals surface area contributed by atoms with Crippen LogP contribution in [0, 0.1) is 0 Å². The zero-order valence-electron chi connectivity index (χ0n) is 15.3. The fourth-order valence-corrected chi connectivity index (χ4v) is 4.30. The van der Waals surface area contributed by atoms with E-state index >= 15 is 0 Å². The Kier molecular flexibility index (Phi) is 5.88. The summed E-state index contributed by atoms with van der Waals surface area (Å²) in [5, 5.41) is 4.79. The molecule has 0 aliphatic heterocycles. The van der Waals surface area contributed by atoms with Gasteiger partial charge in [0, 0.05) is 11.1 Å². The van der Waals surface area contributed by atoms with Gasteiger partial charge in [0.1, 0.15) is 5.75 Å². The van der Waals surface area contributed by atoms with E-state index in [0.29, 0.717) is 11.4 Å². The van der Waals surface area contributed by atoms with E-state index in [-0.39, 0.29) is 9.92 Å². The van der Waals surface area contributed by atoms with Gasteiger partial charge in [-0.25, -0.2) is 8.42 Å². The van der Waals surface area contributed by atoms with E-state index in [9.17, 15) is 13.2 Å². The molecule has 0 saturated carbocycles. The molecular formula is C20H19ClN2O4S. The Morgan fingerprint density at radius 1 is 1.07 bits per heavy atom. The molecule has 0 saturated heterocycles. The Morgan fingerprint density at radius 3 is 2.50 bits per heavy atom. The number of halogens is 1. The van der Waals surface area contributed by atoms with Gasteiger partial charge in [-0.15, -0.1) is 0 Å². The first-order chi connectivity index (χ1) is 13.3. The summed E-state index contributed by atoms with van der Waals surface area (Å²) >= 11 is 6.00. The summed E-state index contributed by atoms with van der Waals surface area (Å²) in [7, 11) is -2.50. The molecular weight excluding hydrogens is 400 g/mol. The molecule has 0 aliphatic rings. The number of methoxy groups -OCH3 is 1. The number of hydrogen-bond donors (Lipinski definition) is 2. The van der Waals surface area contributed by atoms with E-state index in [1.54, 1.807) is 6.07 Å². The fourth-order valence-electron chi connectivity index (χ4n) is 2.74. The van der Waals surface area contributed by atoms with Crippen LogP contribution in [0.2, 0.25) is 5.02 Å². The Bertz CT molecular complexity index is 1130. The predicted octanol–water partition coefficient (Wildman–Crippen LogP) is 3.81. The Labute approximate surface area is 168 Å². The number of carbonyl (C=O) groups is 1. The van der Waals surface area contributed by atoms with Crippen LogP contribution >= 0.6 is 11.6 Å². The van der Waals surface area contributed by atoms with Crippen LogP contribution in [0.3, 0.4) is 0 Å². The highest BCUT2D eigenvalue weighted by atomic mass is 35.5. The summed E-state index contributed by atoms with van der Waals surface area (Å²) in [6, 6.07) is 16.2. The zero-order valence-corrected chi connectivity index (χ0v) is 16.8. The molecule has 0 heterocycles. The molecule has 0 unspecified atom stereocenters. The van der Waals surface area contributed by atoms with Crippen molar-refractivity contribution in [3.8, 4) is 5.75 Å². The summed E-state index contributed by atoms with van der Waals surface area (Å²) in [6.45, 7) is 1.48. The van der Waals surface area contributed by atoms with Crippen molar-refractivity contribution in [2.45, 2.75) is 17.9 Å². The first-order valence-corrected chi connectivity index (χ1v) is 10.3. The number of fused-ring (bicyclic) bond motifs is 1. The van der Waals surface area contributed by atoms with Crippen LogP contribution in [0.4, 0.5) is 5.69 Å². The largest absolute Gasteiger partial charge is 0.495 e. The number of nitrogens with one attached hydrogen (secondary N) is 2. The molecule has 0 aliphatic carbocycles. The summed E-state index contributed by atoms with van der Waals surface area (Å²) < 4.78 is 32.5. The Morgan fingerprint density at radius 2 is 1.79 bits per heavy atom. The number of amides is 1. The molecule has 3 aromatic carbocycles. The highest BCUT2D eigenvalue weighted by molar-refractivity contribution is 7.89. The number of carbonyl (C=O) groups excluding carboxylic acids is 1. The molecule has 6 nitrogen and oxygen atoms in total. The lowest BCUT2D eigenvalue weighted by Crippen LogP contribution is -2.41. The first-order valence-electron chi connectivity index (χ1n) is 8.46. The second-order valence-electron chi connectivity index (χ2n) is 6.16. The van der Waals surface area contributed by atoms with Crippen molar-refractivity contribution < 1.29 is 17.9 Å². The quantitative estimate of drug-likeness (QED) is 0.637. The maximum absolute atomic E-state index is 12.6. The lowest BCUT2D eigenvalue weighted by Gasteiger charge is -2.16. The lowest BCUT2D eigenvalue weighted by molar-refractivity contribution is -0.117. The average Bonchev–Trinajstić information content (AvgIpc) is 2.67. The maximum Gasteiger partial charge on any atom is 0.242 e. The number of anilines is 1. The summed E-state index contributed by atoms with van der Waals surface area (Å²) in [4.78, 5) is 12.5. The number of rotatable bonds is 6. The van der Waals surface area contributed by atoms with Crippen molar-refractivity contribution in [1.29, 1.82) is 0 Å². The zero-order chi connectivity index (χ0) is 20.3. The van der Waals surface area contributed by atoms with E-state index in [2.05, 4.69) is 10.0 Å². The summed E-state index contributed by atoms with van der Waals surface area (Å²) in [5.74, 6) is -0.109. The van der Waals surface area contributed by atoms with Gasteiger partial charge in [0.25, 0.3) is 0 Å². The molecule has 1 atom stereocenters. The van der Waals surface area contributed by atoms with Crippen molar-refractivity contribution >= 4 is 44.0 Å². The molecule has 8 heteroatoms. The Balaban J connectivity index is 1.77. The van der Waals surface area contributed by atoms with Crippen molar-refractivity contribution in [2.75, 3.05) is 12.4 Å². The third kappa shape index (κ3) is 4.27. The first kappa shape index (κ1) is 20.1. The van der Waals surface area contributed by atoms with Crippen molar-refractivity contribution in [3.63, 3.8) is 0 Å². The highest BCUT2D eigenvalue weighted by Gasteiger charge is 2.23. The van der Waals surface area contributed by atoms with Crippen molar-refractivity contribution in [3.05, 3.63) is 65.7 Å². The van der Waals surface area contributed by atoms with E-state index in [1.807, 2.05) is 36.4 Å². The normalized spacial score (nSPS) is 12.5. The average molecular weight is 419 g/mol. The van der Waals surface area contributed by atoms with E-state index < -0.39 is 22.0 Å². The molecule has 3 rings (SSSR count). The summed E-state index contributed by atoms with van der Waals surface area (Å²) in [6.07, 6.45) is 0. The van der Waals surface area contributed by atoms with Crippen molar-refractivity contribution in [1.82, 2.24) is 4.72 Å². The smallest absolute Gasteiger partial charge is 0.242 e. The molecule has 0 aromatic heterocycles. The van der Waals surface area contributed by atoms with Gasteiger partial charge in [-0.2, -0.15) is 4.72 Å². The van der Waals surface area contributed by atoms with Gasteiger partial charge in [-0.1, -0.05) is 48.0 Å². The molecule has 0 fully saturated rings. The van der Waals surface area contributed by atoms with Crippen LogP contribution in [0.1, 0.15) is 6.92 Å². The maximum atomic E-state index is 12.6. The van der Waals surface area contributed by atoms with Crippen LogP contribution < -0.4 is 14.8 Å². The number of benzene rings is 3. The molecule has 2 N–H and O–H groups in total. The molecule has 1 amide bonds. The fraction of sp³-hybridized carbons (Fsp3) is 0.150. The minimum absolute atomic E-state index is 0.0527. The van der Waals surface area contributed by atoms with Crippen molar-refractivity contribution in [2.24, 2.45) is 0 Å². The predicted molar refractivity (Wildman–Crippen MR) is 110 cm³/mol. The molecule has 0 radical (unpaired) electrons. The standard InChI is InChI=1S/C20H19ClN2O4S/c1-13(23-28(25,26)15-10-11-19(27-2)17(21)12-15)20(24)22-18-9-5-7-14-6-3-4-8-16(14)18/h3-13,23H,1-2H3,(H,22,24)/t13-/m1/s1. The molecule has 0 spiro atoms. The van der Waals surface area contributed by atoms with Gasteiger partial charge in [0.15, 0.2) is 0 Å². The third-order valence-corrected chi connectivity index (χ3v) is 6.04. The van der Waals surface area contributed by atoms with E-state index in [1.165, 1.54) is 32.2 Å². The van der Waals surface area contributed by atoms with Crippen LogP contribution in [0.5, 0.6) is 5.75 Å². The number of ether oxygens (including phenoxy) is 1. The number of hydrogen-bond acceptors (Lipinski definition) is 4. The second-order valence-corrected chi connectivity index (χ2v) is 8.28. The van der Waals surface area contributed by atoms with Gasteiger partial charge in [-0.3, -0.25) is 4.79 Å². The van der Waals surface area contributed by atoms with Gasteiger partial charge >= 0.3 is 0 Å². The highest BCUT2D eigenvalue weighted by Crippen LogP contribution is 2.27. The number of sulfonamides is 1. The van der Waals surface area contributed by atoms with Crippen LogP contribution in [-0.4, -0.2) is 27.5 Å². The van der Waals surface area contributed by atoms with E-state index in [0.717, 1.165) is 10.8 Å². The summed E-state index contributed by atoms with van der Waals surface area (Å²) in [5.41, 5.74) is 0.613. The van der Waals surface area contributed by atoms with Crippen LogP contribution in [0.25, 0.3) is 10.8 Å². The minimum atomic E-state index is -3.94. The monoisotopic (exact) mass is 418 g/mol. The SMILES string of the molecule is COc1ccc(S(=O)(=O)N[C@H](C)C(=O)Nc2cccc3ccccc23)cc1Cl. The van der Waals surface area contributed by atoms with Gasteiger partial charge in [0.05, 0.1) is 23.1 Å². The van der Waals surface area contributed by atoms with E-state index in [4.69, 9.17) is 16.3 Å². The topological polar surface area (TPSA) is 84.5 Å². The van der Waals surface area contributed by atoms with Crippen LogP contribution in [0.15, 0.2) is 65.6 Å². The third-order valence-electron chi connectivity index (χ3n) is 4.21. The van der Waals surface area contributed by atoms with Gasteiger partial charge < -0.3 is 10.1 Å². The van der Waals surface area contributed by atoms with Gasteiger partial charge in [-0.05, 0) is 36.6 Å². The molecule has 146 valence electrons. The Hall–Kier alpha value is -2.61. The van der Waals surface area contributed by atoms with Crippen LogP contribution in [-0.2, 0) is 14.8 Å². The second kappa shape index (κ2) is 8.18. The molecule has 0 bridgehead atoms. The molecule has 28 heavy (non-hydrogen) atoms. The molecule has 3 aromatic rings. The van der Waals surface area contributed by atoms with Gasteiger partial charge in [0.2, 0.25) is 15.9 Å². The lowest BCUT2D eigenvalue weighted by atomic mass is 10.1.